The highest BCUT2D eigenvalue weighted by Crippen LogP contribution is 2.38. The van der Waals surface area contributed by atoms with Gasteiger partial charge in [0.25, 0.3) is 9.05 Å². The molecule has 4 nitrogen and oxygen atoms in total. The summed E-state index contributed by atoms with van der Waals surface area (Å²) in [5.41, 5.74) is 0. The summed E-state index contributed by atoms with van der Waals surface area (Å²) in [5, 5.41) is -0.157. The van der Waals surface area contributed by atoms with E-state index in [0.29, 0.717) is 6.61 Å². The van der Waals surface area contributed by atoms with Crippen molar-refractivity contribution in [2.24, 2.45) is 0 Å². The monoisotopic (exact) mass is 332 g/mol. The maximum absolute atomic E-state index is 11.2. The molecule has 102 valence electrons. The summed E-state index contributed by atoms with van der Waals surface area (Å²) in [7, 11) is 2.82. The van der Waals surface area contributed by atoms with E-state index in [1.807, 2.05) is 0 Å². The SMILES string of the molecule is COCC(C)Oc1ccc(S(=O)(=O)Cl)c(Cl)c1Cl. The molecule has 0 fully saturated rings. The Labute approximate surface area is 120 Å². The van der Waals surface area contributed by atoms with Gasteiger partial charge in [-0.2, -0.15) is 0 Å². The molecular weight excluding hydrogens is 323 g/mol. The average Bonchev–Trinajstić information content (AvgIpc) is 2.23. The van der Waals surface area contributed by atoms with Crippen LogP contribution in [0.3, 0.4) is 0 Å². The van der Waals surface area contributed by atoms with E-state index in [1.54, 1.807) is 6.92 Å². The van der Waals surface area contributed by atoms with Gasteiger partial charge in [-0.3, -0.25) is 0 Å². The zero-order chi connectivity index (χ0) is 13.9. The first-order valence-corrected chi connectivity index (χ1v) is 7.92. The van der Waals surface area contributed by atoms with Crippen molar-refractivity contribution in [1.82, 2.24) is 0 Å². The van der Waals surface area contributed by atoms with Gasteiger partial charge in [0, 0.05) is 17.8 Å². The molecule has 18 heavy (non-hydrogen) atoms. The van der Waals surface area contributed by atoms with Crippen LogP contribution in [0.4, 0.5) is 0 Å². The summed E-state index contributed by atoms with van der Waals surface area (Å²) < 4.78 is 32.8. The smallest absolute Gasteiger partial charge is 0.262 e. The Hall–Kier alpha value is -0.200. The van der Waals surface area contributed by atoms with Crippen molar-refractivity contribution in [2.45, 2.75) is 17.9 Å². The lowest BCUT2D eigenvalue weighted by atomic mass is 10.3. The zero-order valence-corrected chi connectivity index (χ0v) is 12.7. The summed E-state index contributed by atoms with van der Waals surface area (Å²) in [4.78, 5) is -0.248. The van der Waals surface area contributed by atoms with E-state index in [4.69, 9.17) is 43.4 Å². The van der Waals surface area contributed by atoms with Crippen LogP contribution in [-0.2, 0) is 13.8 Å². The van der Waals surface area contributed by atoms with Gasteiger partial charge in [-0.05, 0) is 19.1 Å². The second-order valence-corrected chi connectivity index (χ2v) is 6.80. The van der Waals surface area contributed by atoms with E-state index in [2.05, 4.69) is 0 Å². The molecule has 0 bridgehead atoms. The van der Waals surface area contributed by atoms with Gasteiger partial charge in [-0.1, -0.05) is 23.2 Å². The molecule has 0 spiro atoms. The van der Waals surface area contributed by atoms with Gasteiger partial charge in [0.2, 0.25) is 0 Å². The lowest BCUT2D eigenvalue weighted by Crippen LogP contribution is -2.18. The van der Waals surface area contributed by atoms with Crippen molar-refractivity contribution in [3.63, 3.8) is 0 Å². The van der Waals surface area contributed by atoms with Gasteiger partial charge in [0.05, 0.1) is 11.6 Å². The fourth-order valence-electron chi connectivity index (χ4n) is 1.28. The first kappa shape index (κ1) is 15.9. The van der Waals surface area contributed by atoms with Crippen LogP contribution >= 0.6 is 33.9 Å². The van der Waals surface area contributed by atoms with Crippen molar-refractivity contribution in [3.05, 3.63) is 22.2 Å². The molecular formula is C10H11Cl3O4S. The summed E-state index contributed by atoms with van der Waals surface area (Å²) in [6.45, 7) is 2.14. The Bertz CT molecular complexity index is 530. The molecule has 0 saturated carbocycles. The van der Waals surface area contributed by atoms with E-state index in [-0.39, 0.29) is 26.8 Å². The van der Waals surface area contributed by atoms with Crippen molar-refractivity contribution in [2.75, 3.05) is 13.7 Å². The van der Waals surface area contributed by atoms with Gasteiger partial charge in [-0.25, -0.2) is 8.42 Å². The summed E-state index contributed by atoms with van der Waals surface area (Å²) >= 11 is 11.8. The van der Waals surface area contributed by atoms with Crippen molar-refractivity contribution >= 4 is 42.9 Å². The summed E-state index contributed by atoms with van der Waals surface area (Å²) in [6.07, 6.45) is -0.248. The number of methoxy groups -OCH3 is 1. The molecule has 0 aromatic heterocycles. The highest BCUT2D eigenvalue weighted by atomic mass is 35.7. The average molecular weight is 334 g/mol. The minimum Gasteiger partial charge on any atom is -0.487 e. The number of benzene rings is 1. The van der Waals surface area contributed by atoms with Gasteiger partial charge in [0.15, 0.2) is 0 Å². The molecule has 1 aromatic rings. The Balaban J connectivity index is 3.09. The Morgan fingerprint density at radius 1 is 1.28 bits per heavy atom. The zero-order valence-electron chi connectivity index (χ0n) is 9.61. The molecule has 1 atom stereocenters. The molecule has 0 aliphatic rings. The van der Waals surface area contributed by atoms with Crippen molar-refractivity contribution in [1.29, 1.82) is 0 Å². The first-order chi connectivity index (χ1) is 8.27. The molecule has 0 radical (unpaired) electrons. The lowest BCUT2D eigenvalue weighted by Gasteiger charge is -2.16. The number of hydrogen-bond donors (Lipinski definition) is 0. The van der Waals surface area contributed by atoms with Crippen molar-refractivity contribution < 1.29 is 17.9 Å². The molecule has 8 heteroatoms. The van der Waals surface area contributed by atoms with E-state index >= 15 is 0 Å². The fourth-order valence-corrected chi connectivity index (χ4v) is 3.06. The van der Waals surface area contributed by atoms with E-state index in [1.165, 1.54) is 19.2 Å². The first-order valence-electron chi connectivity index (χ1n) is 4.85. The lowest BCUT2D eigenvalue weighted by molar-refractivity contribution is 0.0921. The van der Waals surface area contributed by atoms with Gasteiger partial charge in [-0.15, -0.1) is 0 Å². The topological polar surface area (TPSA) is 52.6 Å². The standard InChI is InChI=1S/C10H11Cl3O4S/c1-6(5-16-2)17-7-3-4-8(18(13,14)15)10(12)9(7)11/h3-4,6H,5H2,1-2H3. The number of halogens is 3. The number of rotatable bonds is 5. The highest BCUT2D eigenvalue weighted by Gasteiger charge is 2.20. The molecule has 0 aliphatic heterocycles. The van der Waals surface area contributed by atoms with Crippen LogP contribution in [0.1, 0.15) is 6.92 Å². The number of ether oxygens (including phenoxy) is 2. The van der Waals surface area contributed by atoms with Gasteiger partial charge >= 0.3 is 0 Å². The summed E-state index contributed by atoms with van der Waals surface area (Å²) in [6, 6.07) is 2.64. The maximum atomic E-state index is 11.2. The fraction of sp³-hybridized carbons (Fsp3) is 0.400. The molecule has 0 amide bonds. The molecule has 0 N–H and O–H groups in total. The quantitative estimate of drug-likeness (QED) is 0.776. The third kappa shape index (κ3) is 3.90. The Morgan fingerprint density at radius 3 is 2.39 bits per heavy atom. The molecule has 1 unspecified atom stereocenters. The molecule has 0 aliphatic carbocycles. The minimum absolute atomic E-state index is 0.00125. The Kier molecular flexibility index (Phi) is 5.55. The predicted octanol–water partition coefficient (Wildman–Crippen LogP) is 3.33. The summed E-state index contributed by atoms with van der Waals surface area (Å²) in [5.74, 6) is 0.273. The maximum Gasteiger partial charge on any atom is 0.262 e. The normalized spacial score (nSPS) is 13.4. The van der Waals surface area contributed by atoms with Crippen LogP contribution in [0.5, 0.6) is 5.75 Å². The molecule has 0 heterocycles. The molecule has 1 rings (SSSR count). The second kappa shape index (κ2) is 6.30. The second-order valence-electron chi connectivity index (χ2n) is 3.51. The van der Waals surface area contributed by atoms with Crippen LogP contribution in [0.15, 0.2) is 17.0 Å². The molecule has 0 saturated heterocycles. The van der Waals surface area contributed by atoms with Crippen LogP contribution in [0.25, 0.3) is 0 Å². The largest absolute Gasteiger partial charge is 0.487 e. The third-order valence-corrected chi connectivity index (χ3v) is 4.34. The van der Waals surface area contributed by atoms with Crippen LogP contribution in [0.2, 0.25) is 10.0 Å². The molecule has 1 aromatic carbocycles. The van der Waals surface area contributed by atoms with Crippen LogP contribution in [0, 0.1) is 0 Å². The van der Waals surface area contributed by atoms with E-state index in [9.17, 15) is 8.42 Å². The van der Waals surface area contributed by atoms with Crippen molar-refractivity contribution in [3.8, 4) is 5.75 Å². The van der Waals surface area contributed by atoms with Crippen LogP contribution in [-0.4, -0.2) is 28.2 Å². The Morgan fingerprint density at radius 2 is 1.89 bits per heavy atom. The highest BCUT2D eigenvalue weighted by molar-refractivity contribution is 8.13. The third-order valence-electron chi connectivity index (χ3n) is 2.00. The number of hydrogen-bond acceptors (Lipinski definition) is 4. The van der Waals surface area contributed by atoms with E-state index in [0.717, 1.165) is 0 Å². The van der Waals surface area contributed by atoms with Gasteiger partial charge < -0.3 is 9.47 Å². The minimum atomic E-state index is -3.94. The predicted molar refractivity (Wildman–Crippen MR) is 71.5 cm³/mol. The van der Waals surface area contributed by atoms with Gasteiger partial charge in [0.1, 0.15) is 21.8 Å². The van der Waals surface area contributed by atoms with E-state index < -0.39 is 9.05 Å². The van der Waals surface area contributed by atoms with Crippen LogP contribution < -0.4 is 4.74 Å².